The van der Waals surface area contributed by atoms with Crippen LogP contribution in [0.1, 0.15) is 62.9 Å². The molecule has 0 aliphatic heterocycles. The smallest absolute Gasteiger partial charge is 0.0446 e. The third-order valence-electron chi connectivity index (χ3n) is 4.46. The molecule has 18 heavy (non-hydrogen) atoms. The van der Waals surface area contributed by atoms with Crippen molar-refractivity contribution in [2.24, 2.45) is 11.3 Å². The van der Waals surface area contributed by atoms with Crippen molar-refractivity contribution in [2.75, 3.05) is 6.54 Å². The molecule has 1 aliphatic rings. The topological polar surface area (TPSA) is 12.0 Å². The van der Waals surface area contributed by atoms with E-state index >= 15 is 0 Å². The molecule has 1 heterocycles. The van der Waals surface area contributed by atoms with Gasteiger partial charge in [-0.15, -0.1) is 11.3 Å². The standard InChI is InChI=1S/C16H27NS/c1-5-17-14(15-12(2)8-11-18-15)13-6-9-16(3,4)10-7-13/h8,11,13-14,17H,5-7,9-10H2,1-4H3. The fourth-order valence-electron chi connectivity index (χ4n) is 3.15. The number of thiophene rings is 1. The third-order valence-corrected chi connectivity index (χ3v) is 5.57. The molecule has 0 saturated heterocycles. The van der Waals surface area contributed by atoms with Crippen LogP contribution in [0.4, 0.5) is 0 Å². The molecular formula is C16H27NS. The summed E-state index contributed by atoms with van der Waals surface area (Å²) in [4.78, 5) is 1.57. The van der Waals surface area contributed by atoms with Crippen molar-refractivity contribution in [3.8, 4) is 0 Å². The van der Waals surface area contributed by atoms with Crippen molar-refractivity contribution in [1.29, 1.82) is 0 Å². The molecule has 1 aliphatic carbocycles. The molecule has 1 saturated carbocycles. The van der Waals surface area contributed by atoms with Gasteiger partial charge in [0.05, 0.1) is 0 Å². The summed E-state index contributed by atoms with van der Waals surface area (Å²) in [5.74, 6) is 0.829. The highest BCUT2D eigenvalue weighted by Gasteiger charge is 2.32. The Balaban J connectivity index is 2.10. The van der Waals surface area contributed by atoms with Gasteiger partial charge in [0.25, 0.3) is 0 Å². The molecule has 1 aromatic heterocycles. The Morgan fingerprint density at radius 2 is 2.06 bits per heavy atom. The van der Waals surface area contributed by atoms with E-state index in [0.29, 0.717) is 11.5 Å². The molecule has 2 heteroatoms. The van der Waals surface area contributed by atoms with Gasteiger partial charge in [-0.25, -0.2) is 0 Å². The first kappa shape index (κ1) is 14.1. The Labute approximate surface area is 116 Å². The van der Waals surface area contributed by atoms with Crippen molar-refractivity contribution >= 4 is 11.3 Å². The molecule has 2 rings (SSSR count). The van der Waals surface area contributed by atoms with E-state index in [1.165, 1.54) is 31.2 Å². The quantitative estimate of drug-likeness (QED) is 0.814. The van der Waals surface area contributed by atoms with Crippen LogP contribution in [-0.2, 0) is 0 Å². The summed E-state index contributed by atoms with van der Waals surface area (Å²) in [6.07, 6.45) is 5.51. The Hall–Kier alpha value is -0.340. The molecule has 1 atom stereocenters. The second-order valence-electron chi connectivity index (χ2n) is 6.50. The summed E-state index contributed by atoms with van der Waals surface area (Å²) < 4.78 is 0. The first-order chi connectivity index (χ1) is 8.53. The zero-order valence-corrected chi connectivity index (χ0v) is 13.1. The zero-order valence-electron chi connectivity index (χ0n) is 12.3. The summed E-state index contributed by atoms with van der Waals surface area (Å²) in [7, 11) is 0. The molecule has 1 fully saturated rings. The average molecular weight is 265 g/mol. The van der Waals surface area contributed by atoms with Gasteiger partial charge in [-0.05, 0) is 67.5 Å². The van der Waals surface area contributed by atoms with E-state index in [1.807, 2.05) is 11.3 Å². The Bertz CT molecular complexity index is 370. The molecule has 1 nitrogen and oxygen atoms in total. The van der Waals surface area contributed by atoms with Gasteiger partial charge in [-0.3, -0.25) is 0 Å². The lowest BCUT2D eigenvalue weighted by molar-refractivity contribution is 0.163. The predicted molar refractivity (Wildman–Crippen MR) is 81.2 cm³/mol. The van der Waals surface area contributed by atoms with Gasteiger partial charge in [-0.2, -0.15) is 0 Å². The number of hydrogen-bond donors (Lipinski definition) is 1. The maximum Gasteiger partial charge on any atom is 0.0446 e. The van der Waals surface area contributed by atoms with Gasteiger partial charge in [0.15, 0.2) is 0 Å². The maximum atomic E-state index is 3.73. The Morgan fingerprint density at radius 3 is 2.56 bits per heavy atom. The van der Waals surface area contributed by atoms with E-state index in [2.05, 4.69) is 44.5 Å². The van der Waals surface area contributed by atoms with Crippen molar-refractivity contribution in [3.05, 3.63) is 21.9 Å². The molecule has 0 radical (unpaired) electrons. The van der Waals surface area contributed by atoms with E-state index in [-0.39, 0.29) is 0 Å². The van der Waals surface area contributed by atoms with Crippen LogP contribution < -0.4 is 5.32 Å². The minimum Gasteiger partial charge on any atom is -0.309 e. The molecule has 102 valence electrons. The van der Waals surface area contributed by atoms with Crippen molar-refractivity contribution in [1.82, 2.24) is 5.32 Å². The highest BCUT2D eigenvalue weighted by atomic mass is 32.1. The van der Waals surface area contributed by atoms with Gasteiger partial charge in [0.1, 0.15) is 0 Å². The molecule has 0 aromatic carbocycles. The second kappa shape index (κ2) is 5.75. The van der Waals surface area contributed by atoms with Gasteiger partial charge in [0.2, 0.25) is 0 Å². The van der Waals surface area contributed by atoms with Crippen molar-refractivity contribution < 1.29 is 0 Å². The van der Waals surface area contributed by atoms with Crippen LogP contribution >= 0.6 is 11.3 Å². The molecule has 1 N–H and O–H groups in total. The minimum atomic E-state index is 0.567. The summed E-state index contributed by atoms with van der Waals surface area (Å²) in [5.41, 5.74) is 2.04. The molecule has 1 unspecified atom stereocenters. The summed E-state index contributed by atoms with van der Waals surface area (Å²) in [6.45, 7) is 10.4. The van der Waals surface area contributed by atoms with Gasteiger partial charge in [-0.1, -0.05) is 20.8 Å². The van der Waals surface area contributed by atoms with E-state index < -0.39 is 0 Å². The van der Waals surface area contributed by atoms with E-state index in [1.54, 1.807) is 4.88 Å². The molecule has 0 spiro atoms. The number of rotatable bonds is 4. The van der Waals surface area contributed by atoms with Crippen LogP contribution in [0.25, 0.3) is 0 Å². The lowest BCUT2D eigenvalue weighted by Crippen LogP contribution is -2.32. The fraction of sp³-hybridized carbons (Fsp3) is 0.750. The molecule has 0 amide bonds. The van der Waals surface area contributed by atoms with Crippen LogP contribution in [0.2, 0.25) is 0 Å². The first-order valence-corrected chi connectivity index (χ1v) is 8.19. The Kier molecular flexibility index (Phi) is 4.50. The number of nitrogens with one attached hydrogen (secondary N) is 1. The Morgan fingerprint density at radius 1 is 1.39 bits per heavy atom. The van der Waals surface area contributed by atoms with Crippen molar-refractivity contribution in [2.45, 2.75) is 59.4 Å². The maximum absolute atomic E-state index is 3.73. The SMILES string of the molecule is CCNC(c1sccc1C)C1CCC(C)(C)CC1. The van der Waals surface area contributed by atoms with E-state index in [9.17, 15) is 0 Å². The molecular weight excluding hydrogens is 238 g/mol. The van der Waals surface area contributed by atoms with Crippen LogP contribution in [0.5, 0.6) is 0 Å². The van der Waals surface area contributed by atoms with E-state index in [4.69, 9.17) is 0 Å². The van der Waals surface area contributed by atoms with Crippen LogP contribution in [0.3, 0.4) is 0 Å². The zero-order chi connectivity index (χ0) is 13.2. The summed E-state index contributed by atoms with van der Waals surface area (Å²) in [6, 6.07) is 2.85. The summed E-state index contributed by atoms with van der Waals surface area (Å²) in [5, 5.41) is 5.97. The normalized spacial score (nSPS) is 22.0. The number of aryl methyl sites for hydroxylation is 1. The van der Waals surface area contributed by atoms with Gasteiger partial charge < -0.3 is 5.32 Å². The molecule has 0 bridgehead atoms. The highest BCUT2D eigenvalue weighted by Crippen LogP contribution is 2.44. The fourth-order valence-corrected chi connectivity index (χ4v) is 4.25. The average Bonchev–Trinajstić information content (AvgIpc) is 2.73. The van der Waals surface area contributed by atoms with Crippen LogP contribution in [0.15, 0.2) is 11.4 Å². The lowest BCUT2D eigenvalue weighted by atomic mass is 9.71. The summed E-state index contributed by atoms with van der Waals surface area (Å²) >= 11 is 1.93. The van der Waals surface area contributed by atoms with Gasteiger partial charge >= 0.3 is 0 Å². The van der Waals surface area contributed by atoms with Gasteiger partial charge in [0, 0.05) is 10.9 Å². The van der Waals surface area contributed by atoms with E-state index in [0.717, 1.165) is 12.5 Å². The third kappa shape index (κ3) is 3.16. The minimum absolute atomic E-state index is 0.567. The monoisotopic (exact) mass is 265 g/mol. The number of hydrogen-bond acceptors (Lipinski definition) is 2. The molecule has 1 aromatic rings. The highest BCUT2D eigenvalue weighted by molar-refractivity contribution is 7.10. The van der Waals surface area contributed by atoms with Crippen LogP contribution in [0, 0.1) is 18.3 Å². The largest absolute Gasteiger partial charge is 0.309 e. The lowest BCUT2D eigenvalue weighted by Gasteiger charge is -2.38. The first-order valence-electron chi connectivity index (χ1n) is 7.31. The second-order valence-corrected chi connectivity index (χ2v) is 7.45. The van der Waals surface area contributed by atoms with Crippen LogP contribution in [-0.4, -0.2) is 6.54 Å². The predicted octanol–water partition coefficient (Wildman–Crippen LogP) is 4.92. The van der Waals surface area contributed by atoms with Crippen molar-refractivity contribution in [3.63, 3.8) is 0 Å².